The molecule has 204 valence electrons. The third-order valence-corrected chi connectivity index (χ3v) is 5.75. The van der Waals surface area contributed by atoms with Gasteiger partial charge in [0.25, 0.3) is 5.91 Å². The van der Waals surface area contributed by atoms with E-state index in [-0.39, 0.29) is 64.0 Å². The molecule has 0 saturated carbocycles. The Hall–Kier alpha value is -4.16. The zero-order chi connectivity index (χ0) is 27.9. The number of carbonyl (C=O) groups is 5. The van der Waals surface area contributed by atoms with Gasteiger partial charge in [0, 0.05) is 47.8 Å². The van der Waals surface area contributed by atoms with Gasteiger partial charge >= 0.3 is 6.09 Å². The number of hydrogen-bond donors (Lipinski definition) is 2. The average Bonchev–Trinajstić information content (AvgIpc) is 3.16. The van der Waals surface area contributed by atoms with E-state index in [9.17, 15) is 24.0 Å². The van der Waals surface area contributed by atoms with Crippen molar-refractivity contribution in [2.45, 2.75) is 51.8 Å². The maximum Gasteiger partial charge on any atom is 0.410 e. The van der Waals surface area contributed by atoms with Gasteiger partial charge in [-0.3, -0.25) is 29.4 Å². The number of imide groups is 1. The molecule has 2 aliphatic heterocycles. The van der Waals surface area contributed by atoms with E-state index in [2.05, 4.69) is 20.7 Å². The second kappa shape index (κ2) is 12.4. The fourth-order valence-corrected chi connectivity index (χ4v) is 4.05. The first-order valence-electron chi connectivity index (χ1n) is 12.1. The lowest BCUT2D eigenvalue weighted by atomic mass is 10.0. The SMILES string of the molecule is CC(C)(C)OC(=O)N(CCOCCN=[N+]=[N-])CC(=O)Nc1cccc2c1CN(C1CCC(=O)NC1=O)C2=O. The van der Waals surface area contributed by atoms with Gasteiger partial charge in [-0.05, 0) is 44.9 Å². The molecule has 1 saturated heterocycles. The van der Waals surface area contributed by atoms with Gasteiger partial charge in [-0.25, -0.2) is 4.79 Å². The zero-order valence-electron chi connectivity index (χ0n) is 21.6. The number of nitrogens with zero attached hydrogens (tertiary/aromatic N) is 5. The van der Waals surface area contributed by atoms with Gasteiger partial charge in [0.15, 0.2) is 0 Å². The maximum atomic E-state index is 13.0. The molecule has 38 heavy (non-hydrogen) atoms. The summed E-state index contributed by atoms with van der Waals surface area (Å²) in [5.41, 5.74) is 8.82. The largest absolute Gasteiger partial charge is 0.444 e. The van der Waals surface area contributed by atoms with E-state index >= 15 is 0 Å². The summed E-state index contributed by atoms with van der Waals surface area (Å²) in [5.74, 6) is -1.79. The summed E-state index contributed by atoms with van der Waals surface area (Å²) in [6.07, 6.45) is -0.346. The summed E-state index contributed by atoms with van der Waals surface area (Å²) in [7, 11) is 0. The van der Waals surface area contributed by atoms with Crippen LogP contribution in [0.1, 0.15) is 49.5 Å². The molecule has 0 bridgehead atoms. The van der Waals surface area contributed by atoms with E-state index in [4.69, 9.17) is 15.0 Å². The molecule has 0 spiro atoms. The molecule has 2 aliphatic rings. The van der Waals surface area contributed by atoms with E-state index in [1.165, 1.54) is 9.80 Å². The average molecular weight is 530 g/mol. The molecule has 1 fully saturated rings. The number of hydrogen-bond acceptors (Lipinski definition) is 8. The smallest absolute Gasteiger partial charge is 0.410 e. The molecular formula is C24H31N7O7. The molecule has 1 atom stereocenters. The Morgan fingerprint density at radius 3 is 2.71 bits per heavy atom. The molecule has 1 aromatic rings. The lowest BCUT2D eigenvalue weighted by Crippen LogP contribution is -2.52. The van der Waals surface area contributed by atoms with E-state index in [0.29, 0.717) is 16.8 Å². The highest BCUT2D eigenvalue weighted by Crippen LogP contribution is 2.32. The van der Waals surface area contributed by atoms with Crippen molar-refractivity contribution in [1.29, 1.82) is 0 Å². The third-order valence-electron chi connectivity index (χ3n) is 5.75. The quantitative estimate of drug-likeness (QED) is 0.152. The van der Waals surface area contributed by atoms with E-state index < -0.39 is 29.6 Å². The molecule has 3 rings (SSSR count). The Morgan fingerprint density at radius 1 is 1.26 bits per heavy atom. The van der Waals surface area contributed by atoms with Crippen LogP contribution in [0.2, 0.25) is 0 Å². The van der Waals surface area contributed by atoms with Crippen LogP contribution in [0.4, 0.5) is 10.5 Å². The molecule has 0 aliphatic carbocycles. The molecule has 2 heterocycles. The minimum atomic E-state index is -0.783. The molecule has 14 heteroatoms. The Bertz CT molecular complexity index is 1160. The minimum Gasteiger partial charge on any atom is -0.444 e. The number of carbonyl (C=O) groups excluding carboxylic acids is 5. The first kappa shape index (κ1) is 28.4. The van der Waals surface area contributed by atoms with Gasteiger partial charge < -0.3 is 19.7 Å². The van der Waals surface area contributed by atoms with E-state index in [0.717, 1.165) is 0 Å². The standard InChI is InChI=1S/C24H31N7O7/c1-24(2,3)38-23(36)30(10-12-37-11-9-26-29-25)14-20(33)27-17-6-4-5-15-16(17)13-31(22(15)35)18-7-8-19(32)28-21(18)34/h4-6,18H,7-14H2,1-3H3,(H,27,33)(H,28,32,34). The van der Waals surface area contributed by atoms with Crippen molar-refractivity contribution >= 4 is 35.4 Å². The topological polar surface area (TPSA) is 183 Å². The number of fused-ring (bicyclic) bond motifs is 1. The molecule has 1 aromatic carbocycles. The molecule has 0 radical (unpaired) electrons. The number of nitrogens with one attached hydrogen (secondary N) is 2. The molecule has 2 N–H and O–H groups in total. The highest BCUT2D eigenvalue weighted by Gasteiger charge is 2.40. The second-order valence-corrected chi connectivity index (χ2v) is 9.75. The summed E-state index contributed by atoms with van der Waals surface area (Å²) in [6.45, 7) is 5.29. The summed E-state index contributed by atoms with van der Waals surface area (Å²) in [4.78, 5) is 67.7. The zero-order valence-corrected chi connectivity index (χ0v) is 21.6. The fraction of sp³-hybridized carbons (Fsp3) is 0.542. The summed E-state index contributed by atoms with van der Waals surface area (Å²) >= 11 is 0. The molecule has 0 aromatic heterocycles. The van der Waals surface area contributed by atoms with E-state index in [1.54, 1.807) is 39.0 Å². The van der Waals surface area contributed by atoms with Crippen molar-refractivity contribution in [2.24, 2.45) is 5.11 Å². The summed E-state index contributed by atoms with van der Waals surface area (Å²) in [6, 6.07) is 4.08. The van der Waals surface area contributed by atoms with Crippen LogP contribution < -0.4 is 10.6 Å². The number of amides is 5. The number of piperidine rings is 1. The first-order valence-corrected chi connectivity index (χ1v) is 12.1. The number of azide groups is 1. The Balaban J connectivity index is 1.68. The van der Waals surface area contributed by atoms with Crippen LogP contribution >= 0.6 is 0 Å². The highest BCUT2D eigenvalue weighted by molar-refractivity contribution is 6.07. The van der Waals surface area contributed by atoms with Crippen molar-refractivity contribution < 1.29 is 33.4 Å². The van der Waals surface area contributed by atoms with Crippen LogP contribution in [0, 0.1) is 0 Å². The monoisotopic (exact) mass is 529 g/mol. The first-order chi connectivity index (χ1) is 18.0. The molecule has 14 nitrogen and oxygen atoms in total. The lowest BCUT2D eigenvalue weighted by molar-refractivity contribution is -0.137. The number of rotatable bonds is 10. The predicted molar refractivity (Wildman–Crippen MR) is 134 cm³/mol. The van der Waals surface area contributed by atoms with Crippen molar-refractivity contribution in [3.05, 3.63) is 39.8 Å². The van der Waals surface area contributed by atoms with Gasteiger partial charge in [0.2, 0.25) is 17.7 Å². The fourth-order valence-electron chi connectivity index (χ4n) is 4.05. The van der Waals surface area contributed by atoms with Crippen LogP contribution in [-0.2, 0) is 30.4 Å². The summed E-state index contributed by atoms with van der Waals surface area (Å²) in [5, 5.41) is 8.38. The molecule has 1 unspecified atom stereocenters. The van der Waals surface area contributed by atoms with E-state index in [1.807, 2.05) is 0 Å². The maximum absolute atomic E-state index is 13.0. The number of benzene rings is 1. The highest BCUT2D eigenvalue weighted by atomic mass is 16.6. The third kappa shape index (κ3) is 7.43. The normalized spacial score (nSPS) is 16.9. The van der Waals surface area contributed by atoms with Crippen molar-refractivity contribution in [2.75, 3.05) is 38.2 Å². The van der Waals surface area contributed by atoms with Crippen molar-refractivity contribution in [1.82, 2.24) is 15.1 Å². The van der Waals surface area contributed by atoms with Crippen LogP contribution in [-0.4, -0.2) is 84.0 Å². The second-order valence-electron chi connectivity index (χ2n) is 9.75. The van der Waals surface area contributed by atoms with Crippen LogP contribution in [0.5, 0.6) is 0 Å². The van der Waals surface area contributed by atoms with Crippen LogP contribution in [0.3, 0.4) is 0 Å². The van der Waals surface area contributed by atoms with Gasteiger partial charge in [-0.2, -0.15) is 0 Å². The van der Waals surface area contributed by atoms with Gasteiger partial charge in [0.1, 0.15) is 18.2 Å². The molecule has 5 amide bonds. The number of anilines is 1. The molecular weight excluding hydrogens is 498 g/mol. The Kier molecular flexibility index (Phi) is 9.26. The Labute approximate surface area is 219 Å². The van der Waals surface area contributed by atoms with Gasteiger partial charge in [-0.1, -0.05) is 11.2 Å². The lowest BCUT2D eigenvalue weighted by Gasteiger charge is -2.29. The summed E-state index contributed by atoms with van der Waals surface area (Å²) < 4.78 is 10.8. The van der Waals surface area contributed by atoms with Gasteiger partial charge in [0.05, 0.1) is 13.2 Å². The van der Waals surface area contributed by atoms with Crippen LogP contribution in [0.25, 0.3) is 10.4 Å². The van der Waals surface area contributed by atoms with Crippen molar-refractivity contribution in [3.63, 3.8) is 0 Å². The minimum absolute atomic E-state index is 0.0489. The van der Waals surface area contributed by atoms with Gasteiger partial charge in [-0.15, -0.1) is 0 Å². The van der Waals surface area contributed by atoms with Crippen molar-refractivity contribution in [3.8, 4) is 0 Å². The Morgan fingerprint density at radius 2 is 2.03 bits per heavy atom. The predicted octanol–water partition coefficient (Wildman–Crippen LogP) is 1.95. The van der Waals surface area contributed by atoms with Crippen LogP contribution in [0.15, 0.2) is 23.3 Å². The number of ether oxygens (including phenoxy) is 2.